The van der Waals surface area contributed by atoms with Crippen molar-refractivity contribution < 1.29 is 14.3 Å². The zero-order valence-corrected chi connectivity index (χ0v) is 14.6. The normalized spacial score (nSPS) is 10.1. The summed E-state index contributed by atoms with van der Waals surface area (Å²) in [6.45, 7) is 5.33. The maximum atomic E-state index is 12.4. The first kappa shape index (κ1) is 17.7. The van der Waals surface area contributed by atoms with Gasteiger partial charge in [-0.3, -0.25) is 10.1 Å². The molecule has 2 aromatic rings. The SMILES string of the molecule is C=CCOC(=O)c1sc(NC(=O)c2cccc(N(C)C)c2)nc1C. The number of hydrogen-bond acceptors (Lipinski definition) is 6. The molecular formula is C17H19N3O3S. The lowest BCUT2D eigenvalue weighted by Crippen LogP contribution is -2.14. The van der Waals surface area contributed by atoms with E-state index in [9.17, 15) is 9.59 Å². The predicted molar refractivity (Wildman–Crippen MR) is 96.1 cm³/mol. The zero-order chi connectivity index (χ0) is 17.7. The van der Waals surface area contributed by atoms with E-state index in [-0.39, 0.29) is 12.5 Å². The second-order valence-electron chi connectivity index (χ2n) is 5.22. The number of rotatable bonds is 6. The highest BCUT2D eigenvalue weighted by atomic mass is 32.1. The van der Waals surface area contributed by atoms with Crippen molar-refractivity contribution in [2.75, 3.05) is 30.9 Å². The first-order valence-corrected chi connectivity index (χ1v) is 8.08. The van der Waals surface area contributed by atoms with Crippen LogP contribution in [0.15, 0.2) is 36.9 Å². The van der Waals surface area contributed by atoms with Gasteiger partial charge in [-0.2, -0.15) is 0 Å². The number of carbonyl (C=O) groups excluding carboxylic acids is 2. The number of benzene rings is 1. The third-order valence-electron chi connectivity index (χ3n) is 3.16. The average molecular weight is 345 g/mol. The van der Waals surface area contributed by atoms with Gasteiger partial charge in [-0.05, 0) is 25.1 Å². The summed E-state index contributed by atoms with van der Waals surface area (Å²) < 4.78 is 5.00. The van der Waals surface area contributed by atoms with Crippen molar-refractivity contribution in [1.29, 1.82) is 0 Å². The van der Waals surface area contributed by atoms with Crippen molar-refractivity contribution in [2.45, 2.75) is 6.92 Å². The van der Waals surface area contributed by atoms with Gasteiger partial charge >= 0.3 is 5.97 Å². The fraction of sp³-hybridized carbons (Fsp3) is 0.235. The molecule has 0 spiro atoms. The smallest absolute Gasteiger partial charge is 0.350 e. The van der Waals surface area contributed by atoms with Crippen molar-refractivity contribution in [1.82, 2.24) is 4.98 Å². The number of aromatic nitrogens is 1. The minimum absolute atomic E-state index is 0.134. The van der Waals surface area contributed by atoms with E-state index in [1.807, 2.05) is 31.1 Å². The van der Waals surface area contributed by atoms with E-state index < -0.39 is 5.97 Å². The number of esters is 1. The second kappa shape index (κ2) is 7.74. The molecule has 0 bridgehead atoms. The molecule has 1 aromatic carbocycles. The quantitative estimate of drug-likeness (QED) is 0.643. The molecular weight excluding hydrogens is 326 g/mol. The van der Waals surface area contributed by atoms with E-state index in [0.717, 1.165) is 17.0 Å². The summed E-state index contributed by atoms with van der Waals surface area (Å²) in [6, 6.07) is 7.24. The van der Waals surface area contributed by atoms with Crippen LogP contribution in [-0.4, -0.2) is 37.6 Å². The molecule has 0 aliphatic carbocycles. The van der Waals surface area contributed by atoms with Crippen LogP contribution in [0, 0.1) is 6.92 Å². The predicted octanol–water partition coefficient (Wildman–Crippen LogP) is 3.11. The largest absolute Gasteiger partial charge is 0.457 e. The summed E-state index contributed by atoms with van der Waals surface area (Å²) in [5.74, 6) is -0.751. The van der Waals surface area contributed by atoms with E-state index in [0.29, 0.717) is 21.3 Å². The van der Waals surface area contributed by atoms with Crippen LogP contribution in [0.5, 0.6) is 0 Å². The molecule has 7 heteroatoms. The number of thiazole rings is 1. The molecule has 1 amide bonds. The highest BCUT2D eigenvalue weighted by Gasteiger charge is 2.18. The van der Waals surface area contributed by atoms with Gasteiger partial charge < -0.3 is 9.64 Å². The Morgan fingerprint density at radius 1 is 1.42 bits per heavy atom. The van der Waals surface area contributed by atoms with Crippen molar-refractivity contribution in [2.24, 2.45) is 0 Å². The molecule has 0 saturated carbocycles. The Hall–Kier alpha value is -2.67. The van der Waals surface area contributed by atoms with Gasteiger partial charge in [-0.15, -0.1) is 0 Å². The fourth-order valence-corrected chi connectivity index (χ4v) is 2.79. The lowest BCUT2D eigenvalue weighted by atomic mass is 10.2. The van der Waals surface area contributed by atoms with E-state index in [1.165, 1.54) is 6.08 Å². The monoisotopic (exact) mass is 345 g/mol. The molecule has 24 heavy (non-hydrogen) atoms. The van der Waals surface area contributed by atoms with Gasteiger partial charge in [0.25, 0.3) is 5.91 Å². The molecule has 6 nitrogen and oxygen atoms in total. The molecule has 0 unspecified atom stereocenters. The third-order valence-corrected chi connectivity index (χ3v) is 4.21. The summed E-state index contributed by atoms with van der Waals surface area (Å²) in [5, 5.41) is 3.08. The van der Waals surface area contributed by atoms with Crippen molar-refractivity contribution in [3.05, 3.63) is 53.1 Å². The standard InChI is InChI=1S/C17H19N3O3S/c1-5-9-23-16(22)14-11(2)18-17(24-14)19-15(21)12-7-6-8-13(10-12)20(3)4/h5-8,10H,1,9H2,2-4H3,(H,18,19,21). The van der Waals surface area contributed by atoms with E-state index in [1.54, 1.807) is 19.1 Å². The number of nitrogens with zero attached hydrogens (tertiary/aromatic N) is 2. The van der Waals surface area contributed by atoms with Gasteiger partial charge in [-0.25, -0.2) is 9.78 Å². The second-order valence-corrected chi connectivity index (χ2v) is 6.22. The molecule has 0 fully saturated rings. The molecule has 126 valence electrons. The fourth-order valence-electron chi connectivity index (χ4n) is 1.93. The van der Waals surface area contributed by atoms with Gasteiger partial charge in [0.05, 0.1) is 5.69 Å². The Kier molecular flexibility index (Phi) is 5.70. The van der Waals surface area contributed by atoms with Gasteiger partial charge in [0.1, 0.15) is 11.5 Å². The topological polar surface area (TPSA) is 71.5 Å². The van der Waals surface area contributed by atoms with Crippen molar-refractivity contribution >= 4 is 34.0 Å². The highest BCUT2D eigenvalue weighted by molar-refractivity contribution is 7.17. The Balaban J connectivity index is 2.13. The Morgan fingerprint density at radius 2 is 2.17 bits per heavy atom. The van der Waals surface area contributed by atoms with Crippen LogP contribution in [0.3, 0.4) is 0 Å². The molecule has 2 rings (SSSR count). The number of hydrogen-bond donors (Lipinski definition) is 1. The van der Waals surface area contributed by atoms with Crippen molar-refractivity contribution in [3.8, 4) is 0 Å². The molecule has 1 aromatic heterocycles. The van der Waals surface area contributed by atoms with E-state index >= 15 is 0 Å². The number of amides is 1. The number of nitrogens with one attached hydrogen (secondary N) is 1. The van der Waals surface area contributed by atoms with Crippen LogP contribution in [0.2, 0.25) is 0 Å². The van der Waals surface area contributed by atoms with Crippen LogP contribution in [0.25, 0.3) is 0 Å². The maximum absolute atomic E-state index is 12.4. The van der Waals surface area contributed by atoms with Gasteiger partial charge in [0, 0.05) is 25.3 Å². The van der Waals surface area contributed by atoms with Gasteiger partial charge in [0.2, 0.25) is 0 Å². The maximum Gasteiger partial charge on any atom is 0.350 e. The summed E-state index contributed by atoms with van der Waals surface area (Å²) in [7, 11) is 3.81. The summed E-state index contributed by atoms with van der Waals surface area (Å²) in [4.78, 5) is 30.8. The Morgan fingerprint density at radius 3 is 2.83 bits per heavy atom. The molecule has 0 aliphatic rings. The molecule has 0 aliphatic heterocycles. The lowest BCUT2D eigenvalue weighted by molar-refractivity contribution is 0.0554. The first-order chi connectivity index (χ1) is 11.4. The van der Waals surface area contributed by atoms with Crippen LogP contribution in [-0.2, 0) is 4.74 Å². The van der Waals surface area contributed by atoms with E-state index in [2.05, 4.69) is 16.9 Å². The highest BCUT2D eigenvalue weighted by Crippen LogP contribution is 2.24. The molecule has 0 saturated heterocycles. The van der Waals surface area contributed by atoms with Crippen LogP contribution in [0.4, 0.5) is 10.8 Å². The average Bonchev–Trinajstić information content (AvgIpc) is 2.93. The first-order valence-electron chi connectivity index (χ1n) is 7.26. The van der Waals surface area contributed by atoms with E-state index in [4.69, 9.17) is 4.74 Å². The number of ether oxygens (including phenoxy) is 1. The lowest BCUT2D eigenvalue weighted by Gasteiger charge is -2.13. The third kappa shape index (κ3) is 4.20. The molecule has 1 N–H and O–H groups in total. The van der Waals surface area contributed by atoms with Crippen molar-refractivity contribution in [3.63, 3.8) is 0 Å². The van der Waals surface area contributed by atoms with Gasteiger partial charge in [-0.1, -0.05) is 30.1 Å². The summed E-state index contributed by atoms with van der Waals surface area (Å²) in [5.41, 5.74) is 1.96. The zero-order valence-electron chi connectivity index (χ0n) is 13.8. The summed E-state index contributed by atoms with van der Waals surface area (Å²) >= 11 is 1.09. The minimum atomic E-state index is -0.472. The number of aryl methyl sites for hydroxylation is 1. The van der Waals surface area contributed by atoms with Gasteiger partial charge in [0.15, 0.2) is 5.13 Å². The number of carbonyl (C=O) groups is 2. The number of anilines is 2. The molecule has 0 atom stereocenters. The minimum Gasteiger partial charge on any atom is -0.457 e. The molecule has 0 radical (unpaired) electrons. The van der Waals surface area contributed by atoms with Crippen LogP contribution < -0.4 is 10.2 Å². The Bertz CT molecular complexity index is 768. The Labute approximate surface area is 144 Å². The van der Waals surface area contributed by atoms with Crippen LogP contribution in [0.1, 0.15) is 25.7 Å². The summed E-state index contributed by atoms with van der Waals surface area (Å²) in [6.07, 6.45) is 1.49. The van der Waals surface area contributed by atoms with Crippen LogP contribution >= 0.6 is 11.3 Å². The molecule has 1 heterocycles.